The Morgan fingerprint density at radius 3 is 2.78 bits per heavy atom. The molecular formula is C20H21ClN3O2S+. The number of para-hydroxylation sites is 1. The summed E-state index contributed by atoms with van der Waals surface area (Å²) in [6, 6.07) is 13.4. The molecule has 3 aromatic rings. The van der Waals surface area contributed by atoms with Gasteiger partial charge in [0.25, 0.3) is 5.91 Å². The molecule has 0 bridgehead atoms. The van der Waals surface area contributed by atoms with E-state index in [4.69, 9.17) is 21.3 Å². The minimum Gasteiger partial charge on any atom is -0.496 e. The number of hydrogen-bond donors (Lipinski definition) is 1. The van der Waals surface area contributed by atoms with E-state index in [2.05, 4.69) is 12.1 Å². The summed E-state index contributed by atoms with van der Waals surface area (Å²) >= 11 is 7.83. The second-order valence-electron chi connectivity index (χ2n) is 6.64. The molecule has 5 nitrogen and oxygen atoms in total. The van der Waals surface area contributed by atoms with E-state index in [9.17, 15) is 4.79 Å². The predicted molar refractivity (Wildman–Crippen MR) is 108 cm³/mol. The number of rotatable bonds is 4. The van der Waals surface area contributed by atoms with E-state index in [-0.39, 0.29) is 5.91 Å². The van der Waals surface area contributed by atoms with Crippen LogP contribution in [0.2, 0.25) is 5.02 Å². The number of nitrogens with one attached hydrogen (secondary N) is 1. The van der Waals surface area contributed by atoms with Crippen molar-refractivity contribution in [2.24, 2.45) is 0 Å². The van der Waals surface area contributed by atoms with Gasteiger partial charge in [-0.2, -0.15) is 0 Å². The third-order valence-corrected chi connectivity index (χ3v) is 6.16. The second kappa shape index (κ2) is 7.84. The Bertz CT molecular complexity index is 934. The third kappa shape index (κ3) is 3.93. The number of nitrogens with zero attached hydrogens (tertiary/aromatic N) is 2. The normalized spacial score (nSPS) is 15.3. The van der Waals surface area contributed by atoms with Crippen LogP contribution in [0.1, 0.15) is 15.4 Å². The largest absolute Gasteiger partial charge is 0.496 e. The molecule has 1 aliphatic rings. The van der Waals surface area contributed by atoms with Crippen LogP contribution in [0.5, 0.6) is 5.75 Å². The summed E-state index contributed by atoms with van der Waals surface area (Å²) < 4.78 is 6.55. The van der Waals surface area contributed by atoms with Crippen molar-refractivity contribution in [1.82, 2.24) is 9.88 Å². The van der Waals surface area contributed by atoms with Gasteiger partial charge >= 0.3 is 0 Å². The number of fused-ring (bicyclic) bond motifs is 1. The predicted octanol–water partition coefficient (Wildman–Crippen LogP) is 2.50. The lowest BCUT2D eigenvalue weighted by molar-refractivity contribution is -0.917. The molecule has 1 fully saturated rings. The zero-order valence-electron chi connectivity index (χ0n) is 15.1. The summed E-state index contributed by atoms with van der Waals surface area (Å²) in [6.45, 7) is 4.15. The van der Waals surface area contributed by atoms with Crippen LogP contribution in [-0.4, -0.2) is 49.1 Å². The van der Waals surface area contributed by atoms with Gasteiger partial charge in [0.1, 0.15) is 17.3 Å². The number of carbonyl (C=O) groups is 1. The molecule has 1 amide bonds. The number of methoxy groups -OCH3 is 1. The first-order valence-electron chi connectivity index (χ1n) is 8.95. The molecule has 1 saturated heterocycles. The van der Waals surface area contributed by atoms with Crippen molar-refractivity contribution >= 4 is 39.1 Å². The maximum Gasteiger partial charge on any atom is 0.258 e. The van der Waals surface area contributed by atoms with Crippen molar-refractivity contribution in [3.8, 4) is 5.75 Å². The summed E-state index contributed by atoms with van der Waals surface area (Å²) in [4.78, 5) is 20.9. The Morgan fingerprint density at radius 1 is 1.26 bits per heavy atom. The molecule has 1 aliphatic heterocycles. The maximum atomic E-state index is 12.9. The number of amides is 1. The van der Waals surface area contributed by atoms with Crippen LogP contribution in [0.15, 0.2) is 42.5 Å². The minimum atomic E-state index is -0.0200. The van der Waals surface area contributed by atoms with Gasteiger partial charge in [0, 0.05) is 5.02 Å². The first-order valence-corrected chi connectivity index (χ1v) is 10.1. The molecule has 2 heterocycles. The van der Waals surface area contributed by atoms with Crippen LogP contribution in [-0.2, 0) is 6.54 Å². The van der Waals surface area contributed by atoms with Crippen LogP contribution < -0.4 is 9.64 Å². The maximum absolute atomic E-state index is 12.9. The molecule has 0 spiro atoms. The van der Waals surface area contributed by atoms with E-state index in [0.717, 1.165) is 30.2 Å². The summed E-state index contributed by atoms with van der Waals surface area (Å²) in [7, 11) is 1.57. The van der Waals surface area contributed by atoms with Crippen LogP contribution >= 0.6 is 22.9 Å². The molecule has 0 unspecified atom stereocenters. The van der Waals surface area contributed by atoms with Gasteiger partial charge in [0.05, 0.1) is 49.1 Å². The first-order chi connectivity index (χ1) is 13.1. The highest BCUT2D eigenvalue weighted by Crippen LogP contribution is 2.24. The number of ether oxygens (including phenoxy) is 1. The van der Waals surface area contributed by atoms with Crippen LogP contribution in [0, 0.1) is 0 Å². The fourth-order valence-corrected chi connectivity index (χ4v) is 4.64. The van der Waals surface area contributed by atoms with Crippen molar-refractivity contribution in [1.29, 1.82) is 0 Å². The van der Waals surface area contributed by atoms with E-state index in [0.29, 0.717) is 29.4 Å². The third-order valence-electron chi connectivity index (χ3n) is 4.89. The van der Waals surface area contributed by atoms with Gasteiger partial charge < -0.3 is 14.5 Å². The van der Waals surface area contributed by atoms with Gasteiger partial charge in [0.15, 0.2) is 0 Å². The van der Waals surface area contributed by atoms with Crippen LogP contribution in [0.25, 0.3) is 10.2 Å². The number of thiazole rings is 1. The van der Waals surface area contributed by atoms with E-state index in [1.807, 2.05) is 17.0 Å². The van der Waals surface area contributed by atoms with E-state index in [1.54, 1.807) is 36.6 Å². The SMILES string of the molecule is COc1ccc(Cl)cc1C(=O)N1CC[NH+](Cc2nc3ccccc3s2)CC1. The number of hydrogen-bond acceptors (Lipinski definition) is 4. The lowest BCUT2D eigenvalue weighted by atomic mass is 10.1. The van der Waals surface area contributed by atoms with E-state index in [1.165, 1.54) is 9.60 Å². The molecular weight excluding hydrogens is 382 g/mol. The number of piperazine rings is 1. The summed E-state index contributed by atoms with van der Waals surface area (Å²) in [5.41, 5.74) is 1.60. The smallest absolute Gasteiger partial charge is 0.258 e. The molecule has 1 N–H and O–H groups in total. The molecule has 1 aromatic heterocycles. The summed E-state index contributed by atoms with van der Waals surface area (Å²) in [6.07, 6.45) is 0. The Morgan fingerprint density at radius 2 is 2.04 bits per heavy atom. The molecule has 7 heteroatoms. The van der Waals surface area contributed by atoms with Crippen molar-refractivity contribution in [2.45, 2.75) is 6.54 Å². The van der Waals surface area contributed by atoms with Gasteiger partial charge in [-0.25, -0.2) is 4.98 Å². The molecule has 2 aromatic carbocycles. The van der Waals surface area contributed by atoms with Crippen molar-refractivity contribution in [2.75, 3.05) is 33.3 Å². The standard InChI is InChI=1S/C20H20ClN3O2S/c1-26-17-7-6-14(21)12-15(17)20(25)24-10-8-23(9-11-24)13-19-22-16-4-2-3-5-18(16)27-19/h2-7,12H,8-11,13H2,1H3/p+1. The number of quaternary nitrogens is 1. The number of benzene rings is 2. The number of aromatic nitrogens is 1. The summed E-state index contributed by atoms with van der Waals surface area (Å²) in [5, 5.41) is 1.70. The fraction of sp³-hybridized carbons (Fsp3) is 0.300. The van der Waals surface area contributed by atoms with Crippen molar-refractivity contribution in [3.63, 3.8) is 0 Å². The Labute approximate surface area is 167 Å². The van der Waals surface area contributed by atoms with Gasteiger partial charge in [-0.15, -0.1) is 11.3 Å². The Hall–Kier alpha value is -2.15. The molecule has 4 rings (SSSR count). The molecule has 0 aliphatic carbocycles. The average Bonchev–Trinajstić information content (AvgIpc) is 3.10. The minimum absolute atomic E-state index is 0.0200. The summed E-state index contributed by atoms with van der Waals surface area (Å²) in [5.74, 6) is 0.544. The molecule has 0 saturated carbocycles. The molecule has 27 heavy (non-hydrogen) atoms. The van der Waals surface area contributed by atoms with Crippen molar-refractivity contribution in [3.05, 3.63) is 58.1 Å². The highest BCUT2D eigenvalue weighted by molar-refractivity contribution is 7.18. The highest BCUT2D eigenvalue weighted by Gasteiger charge is 2.27. The fourth-order valence-electron chi connectivity index (χ4n) is 3.43. The first kappa shape index (κ1) is 18.2. The molecule has 0 atom stereocenters. The highest BCUT2D eigenvalue weighted by atomic mass is 35.5. The lowest BCUT2D eigenvalue weighted by Gasteiger charge is -2.32. The van der Waals surface area contributed by atoms with Crippen molar-refractivity contribution < 1.29 is 14.4 Å². The second-order valence-corrected chi connectivity index (χ2v) is 8.19. The lowest BCUT2D eigenvalue weighted by Crippen LogP contribution is -3.13. The van der Waals surface area contributed by atoms with Crippen LogP contribution in [0.3, 0.4) is 0 Å². The quantitative estimate of drug-likeness (QED) is 0.729. The topological polar surface area (TPSA) is 46.9 Å². The van der Waals surface area contributed by atoms with E-state index >= 15 is 0 Å². The number of halogens is 1. The Balaban J connectivity index is 1.40. The van der Waals surface area contributed by atoms with E-state index < -0.39 is 0 Å². The molecule has 140 valence electrons. The Kier molecular flexibility index (Phi) is 5.29. The van der Waals surface area contributed by atoms with Gasteiger partial charge in [-0.1, -0.05) is 23.7 Å². The zero-order valence-corrected chi connectivity index (χ0v) is 16.6. The average molecular weight is 403 g/mol. The van der Waals surface area contributed by atoms with Gasteiger partial charge in [0.2, 0.25) is 0 Å². The zero-order chi connectivity index (χ0) is 18.8. The molecule has 0 radical (unpaired) electrons. The van der Waals surface area contributed by atoms with Crippen LogP contribution in [0.4, 0.5) is 0 Å². The monoisotopic (exact) mass is 402 g/mol. The van der Waals surface area contributed by atoms with Gasteiger partial charge in [-0.05, 0) is 30.3 Å². The van der Waals surface area contributed by atoms with Gasteiger partial charge in [-0.3, -0.25) is 4.79 Å². The number of carbonyl (C=O) groups excluding carboxylic acids is 1.